The van der Waals surface area contributed by atoms with Crippen molar-refractivity contribution in [2.24, 2.45) is 0 Å². The second-order valence-electron chi connectivity index (χ2n) is 5.76. The van der Waals surface area contributed by atoms with Gasteiger partial charge in [-0.3, -0.25) is 20.4 Å². The molecule has 1 aliphatic carbocycles. The number of hydrazine groups is 1. The van der Waals surface area contributed by atoms with E-state index < -0.39 is 5.91 Å². The van der Waals surface area contributed by atoms with Crippen LogP contribution in [0.1, 0.15) is 33.5 Å². The number of ether oxygens (including phenoxy) is 1. The number of carbonyl (C=O) groups is 2. The Bertz CT molecular complexity index is 838. The fourth-order valence-electron chi connectivity index (χ4n) is 2.72. The number of hydrogen-bond donors (Lipinski definition) is 2. The van der Waals surface area contributed by atoms with Crippen LogP contribution in [0.4, 0.5) is 0 Å². The predicted octanol–water partition coefficient (Wildman–Crippen LogP) is 1.89. The van der Waals surface area contributed by atoms with Gasteiger partial charge in [0.2, 0.25) is 0 Å². The molecule has 3 rings (SSSR count). The van der Waals surface area contributed by atoms with Gasteiger partial charge in [0, 0.05) is 5.56 Å². The maximum atomic E-state index is 12.1. The Balaban J connectivity index is 1.46. The molecular weight excluding hydrogens is 318 g/mol. The topological polar surface area (TPSA) is 91.2 Å². The van der Waals surface area contributed by atoms with Gasteiger partial charge in [0.1, 0.15) is 5.75 Å². The lowest BCUT2D eigenvalue weighted by atomic mass is 10.1. The number of hydrogen-bond acceptors (Lipinski definition) is 4. The van der Waals surface area contributed by atoms with Crippen molar-refractivity contribution < 1.29 is 14.3 Å². The molecule has 1 aliphatic rings. The summed E-state index contributed by atoms with van der Waals surface area (Å²) in [4.78, 5) is 23.9. The van der Waals surface area contributed by atoms with Gasteiger partial charge in [-0.05, 0) is 66.8 Å². The highest BCUT2D eigenvalue weighted by atomic mass is 16.5. The van der Waals surface area contributed by atoms with Gasteiger partial charge in [0.05, 0.1) is 11.6 Å². The van der Waals surface area contributed by atoms with E-state index in [4.69, 9.17) is 10.00 Å². The Morgan fingerprint density at radius 1 is 1.04 bits per heavy atom. The quantitative estimate of drug-likeness (QED) is 0.835. The first-order valence-corrected chi connectivity index (χ1v) is 7.99. The number of fused-ring (bicyclic) bond motifs is 1. The molecule has 2 amide bonds. The summed E-state index contributed by atoms with van der Waals surface area (Å²) in [6.07, 6.45) is 3.16. The number of carbonyl (C=O) groups excluding carboxylic acids is 2. The van der Waals surface area contributed by atoms with Crippen LogP contribution in [-0.2, 0) is 17.6 Å². The molecule has 0 fully saturated rings. The number of amides is 2. The Kier molecular flexibility index (Phi) is 4.95. The molecule has 0 unspecified atom stereocenters. The van der Waals surface area contributed by atoms with Crippen molar-refractivity contribution in [2.75, 3.05) is 6.61 Å². The summed E-state index contributed by atoms with van der Waals surface area (Å²) in [6.45, 7) is -0.240. The van der Waals surface area contributed by atoms with Gasteiger partial charge in [-0.15, -0.1) is 0 Å². The van der Waals surface area contributed by atoms with Crippen molar-refractivity contribution in [3.05, 3.63) is 64.7 Å². The highest BCUT2D eigenvalue weighted by Crippen LogP contribution is 2.22. The molecule has 2 N–H and O–H groups in total. The first-order chi connectivity index (χ1) is 12.2. The van der Waals surface area contributed by atoms with Gasteiger partial charge in [-0.25, -0.2) is 0 Å². The third-order valence-corrected chi connectivity index (χ3v) is 4.03. The zero-order valence-electron chi connectivity index (χ0n) is 13.5. The smallest absolute Gasteiger partial charge is 0.276 e. The third-order valence-electron chi connectivity index (χ3n) is 4.03. The van der Waals surface area contributed by atoms with Crippen molar-refractivity contribution in [1.82, 2.24) is 10.9 Å². The Labute approximate surface area is 145 Å². The van der Waals surface area contributed by atoms with Crippen LogP contribution in [0.25, 0.3) is 0 Å². The largest absolute Gasteiger partial charge is 0.484 e. The number of nitrogens with one attached hydrogen (secondary N) is 2. The van der Waals surface area contributed by atoms with E-state index in [-0.39, 0.29) is 12.5 Å². The van der Waals surface area contributed by atoms with Crippen LogP contribution in [0.5, 0.6) is 5.75 Å². The van der Waals surface area contributed by atoms with E-state index in [9.17, 15) is 9.59 Å². The summed E-state index contributed by atoms with van der Waals surface area (Å²) in [6, 6.07) is 14.0. The van der Waals surface area contributed by atoms with Crippen molar-refractivity contribution in [1.29, 1.82) is 5.26 Å². The molecule has 0 heterocycles. The summed E-state index contributed by atoms with van der Waals surface area (Å²) in [5.41, 5.74) is 8.23. The SMILES string of the molecule is N#Cc1ccc(OCC(=O)NNC(=O)c2ccc3c(c2)CCC3)cc1. The monoisotopic (exact) mass is 335 g/mol. The molecule has 0 atom stereocenters. The molecule has 25 heavy (non-hydrogen) atoms. The Morgan fingerprint density at radius 3 is 2.56 bits per heavy atom. The van der Waals surface area contributed by atoms with Gasteiger partial charge in [0.15, 0.2) is 6.61 Å². The fourth-order valence-corrected chi connectivity index (χ4v) is 2.72. The molecule has 0 saturated heterocycles. The minimum atomic E-state index is -0.473. The third kappa shape index (κ3) is 4.15. The molecule has 2 aromatic rings. The van der Waals surface area contributed by atoms with E-state index in [2.05, 4.69) is 10.9 Å². The van der Waals surface area contributed by atoms with Crippen LogP contribution in [0, 0.1) is 11.3 Å². The van der Waals surface area contributed by atoms with E-state index in [1.807, 2.05) is 18.2 Å². The van der Waals surface area contributed by atoms with Crippen LogP contribution in [0.15, 0.2) is 42.5 Å². The normalized spacial score (nSPS) is 12.0. The van der Waals surface area contributed by atoms with Crippen molar-refractivity contribution >= 4 is 11.8 Å². The molecular formula is C19H17N3O3. The Morgan fingerprint density at radius 2 is 1.80 bits per heavy atom. The van der Waals surface area contributed by atoms with E-state index in [1.165, 1.54) is 11.1 Å². The highest BCUT2D eigenvalue weighted by Gasteiger charge is 2.14. The molecule has 126 valence electrons. The molecule has 2 aromatic carbocycles. The molecule has 0 aliphatic heterocycles. The van der Waals surface area contributed by atoms with Crippen LogP contribution in [-0.4, -0.2) is 18.4 Å². The van der Waals surface area contributed by atoms with Crippen LogP contribution in [0.3, 0.4) is 0 Å². The lowest BCUT2D eigenvalue weighted by Crippen LogP contribution is -2.43. The van der Waals surface area contributed by atoms with E-state index in [1.54, 1.807) is 30.3 Å². The molecule has 0 aromatic heterocycles. The van der Waals surface area contributed by atoms with Crippen LogP contribution >= 0.6 is 0 Å². The fraction of sp³-hybridized carbons (Fsp3) is 0.211. The number of nitriles is 1. The lowest BCUT2D eigenvalue weighted by Gasteiger charge is -2.09. The summed E-state index contributed by atoms with van der Waals surface area (Å²) >= 11 is 0. The molecule has 0 spiro atoms. The summed E-state index contributed by atoms with van der Waals surface area (Å²) < 4.78 is 5.29. The second kappa shape index (κ2) is 7.49. The zero-order chi connectivity index (χ0) is 17.6. The zero-order valence-corrected chi connectivity index (χ0v) is 13.5. The molecule has 6 heteroatoms. The number of aryl methyl sites for hydroxylation is 2. The minimum Gasteiger partial charge on any atom is -0.484 e. The van der Waals surface area contributed by atoms with Gasteiger partial charge < -0.3 is 4.74 Å². The number of benzene rings is 2. The average molecular weight is 335 g/mol. The second-order valence-corrected chi connectivity index (χ2v) is 5.76. The van der Waals surface area contributed by atoms with Gasteiger partial charge in [-0.2, -0.15) is 5.26 Å². The van der Waals surface area contributed by atoms with Crippen LogP contribution < -0.4 is 15.6 Å². The summed E-state index contributed by atoms with van der Waals surface area (Å²) in [5, 5.41) is 8.72. The highest BCUT2D eigenvalue weighted by molar-refractivity contribution is 5.95. The molecule has 6 nitrogen and oxygen atoms in total. The van der Waals surface area contributed by atoms with Crippen molar-refractivity contribution in [3.8, 4) is 11.8 Å². The lowest BCUT2D eigenvalue weighted by molar-refractivity contribution is -0.123. The molecule has 0 bridgehead atoms. The predicted molar refractivity (Wildman–Crippen MR) is 90.7 cm³/mol. The first kappa shape index (κ1) is 16.5. The molecule has 0 radical (unpaired) electrons. The van der Waals surface area contributed by atoms with Gasteiger partial charge in [-0.1, -0.05) is 6.07 Å². The van der Waals surface area contributed by atoms with Crippen molar-refractivity contribution in [2.45, 2.75) is 19.3 Å². The standard InChI is InChI=1S/C19H17N3O3/c20-11-13-4-8-17(9-5-13)25-12-18(23)21-22-19(24)16-7-6-14-2-1-3-15(14)10-16/h4-10H,1-3,12H2,(H,21,23)(H,22,24). The minimum absolute atomic E-state index is 0.240. The number of nitrogens with zero attached hydrogens (tertiary/aromatic N) is 1. The average Bonchev–Trinajstić information content (AvgIpc) is 3.12. The maximum absolute atomic E-state index is 12.1. The van der Waals surface area contributed by atoms with Crippen LogP contribution in [0.2, 0.25) is 0 Å². The van der Waals surface area contributed by atoms with Gasteiger partial charge >= 0.3 is 0 Å². The summed E-state index contributed by atoms with van der Waals surface area (Å²) in [7, 11) is 0. The number of rotatable bonds is 4. The maximum Gasteiger partial charge on any atom is 0.276 e. The van der Waals surface area contributed by atoms with E-state index >= 15 is 0 Å². The van der Waals surface area contributed by atoms with Crippen molar-refractivity contribution in [3.63, 3.8) is 0 Å². The van der Waals surface area contributed by atoms with E-state index in [0.717, 1.165) is 19.3 Å². The first-order valence-electron chi connectivity index (χ1n) is 7.99. The summed E-state index contributed by atoms with van der Waals surface area (Å²) in [5.74, 6) is -0.362. The molecule has 0 saturated carbocycles. The Hall–Kier alpha value is -3.33. The van der Waals surface area contributed by atoms with E-state index in [0.29, 0.717) is 16.9 Å². The van der Waals surface area contributed by atoms with Gasteiger partial charge in [0.25, 0.3) is 11.8 Å².